The molecular formula is C17H17NO2. The van der Waals surface area contributed by atoms with Crippen LogP contribution in [0.2, 0.25) is 0 Å². The zero-order valence-corrected chi connectivity index (χ0v) is 11.4. The Morgan fingerprint density at radius 1 is 1.05 bits per heavy atom. The van der Waals surface area contributed by atoms with Crippen LogP contribution in [0.25, 0.3) is 0 Å². The van der Waals surface area contributed by atoms with E-state index in [1.54, 1.807) is 17.0 Å². The number of carbonyl (C=O) groups is 1. The third-order valence-corrected chi connectivity index (χ3v) is 3.96. The van der Waals surface area contributed by atoms with Gasteiger partial charge in [-0.15, -0.1) is 0 Å². The fraction of sp³-hybridized carbons (Fsp3) is 0.235. The molecule has 2 atom stereocenters. The average molecular weight is 267 g/mol. The summed E-state index contributed by atoms with van der Waals surface area (Å²) in [5.41, 5.74) is 0.169. The number of aliphatic hydroxyl groups is 1. The molecule has 2 aromatic rings. The Hall–Kier alpha value is -2.13. The highest BCUT2D eigenvalue weighted by Crippen LogP contribution is 2.49. The van der Waals surface area contributed by atoms with Crippen LogP contribution in [0, 0.1) is 0 Å². The molecule has 3 rings (SSSR count). The van der Waals surface area contributed by atoms with Crippen molar-refractivity contribution in [3.05, 3.63) is 71.8 Å². The fourth-order valence-electron chi connectivity index (χ4n) is 2.97. The van der Waals surface area contributed by atoms with Crippen molar-refractivity contribution in [1.82, 2.24) is 4.90 Å². The van der Waals surface area contributed by atoms with Crippen LogP contribution in [0.15, 0.2) is 60.7 Å². The second-order valence-electron chi connectivity index (χ2n) is 5.04. The van der Waals surface area contributed by atoms with Crippen molar-refractivity contribution in [3.8, 4) is 0 Å². The summed E-state index contributed by atoms with van der Waals surface area (Å²) in [7, 11) is 0. The van der Waals surface area contributed by atoms with E-state index in [9.17, 15) is 9.90 Å². The molecule has 3 nitrogen and oxygen atoms in total. The maximum Gasteiger partial charge on any atom is 0.262 e. The third kappa shape index (κ3) is 1.67. The van der Waals surface area contributed by atoms with Crippen LogP contribution < -0.4 is 0 Å². The molecule has 1 fully saturated rings. The Balaban J connectivity index is 2.08. The highest BCUT2D eigenvalue weighted by atomic mass is 16.3. The number of likely N-dealkylation sites (tertiary alicyclic amines) is 1. The molecule has 2 aromatic carbocycles. The number of hydrogen-bond donors (Lipinski definition) is 1. The zero-order valence-electron chi connectivity index (χ0n) is 11.4. The molecule has 0 aliphatic carbocycles. The van der Waals surface area contributed by atoms with Crippen LogP contribution in [0.5, 0.6) is 0 Å². The summed E-state index contributed by atoms with van der Waals surface area (Å²) in [5, 5.41) is 11.0. The van der Waals surface area contributed by atoms with Crippen molar-refractivity contribution < 1.29 is 9.90 Å². The number of rotatable bonds is 3. The summed E-state index contributed by atoms with van der Waals surface area (Å²) in [6, 6.07) is 18.6. The van der Waals surface area contributed by atoms with Gasteiger partial charge in [-0.1, -0.05) is 60.7 Å². The molecule has 3 heteroatoms. The quantitative estimate of drug-likeness (QED) is 0.868. The van der Waals surface area contributed by atoms with Gasteiger partial charge in [-0.2, -0.15) is 0 Å². The van der Waals surface area contributed by atoms with E-state index in [0.717, 1.165) is 5.56 Å². The van der Waals surface area contributed by atoms with Crippen LogP contribution in [0.1, 0.15) is 24.1 Å². The molecule has 20 heavy (non-hydrogen) atoms. The number of amides is 1. The lowest BCUT2D eigenvalue weighted by atomic mass is 9.73. The van der Waals surface area contributed by atoms with Crippen molar-refractivity contribution in [2.24, 2.45) is 0 Å². The van der Waals surface area contributed by atoms with E-state index in [2.05, 4.69) is 0 Å². The van der Waals surface area contributed by atoms with Crippen LogP contribution in [0.4, 0.5) is 0 Å². The minimum Gasteiger partial charge on any atom is -0.373 e. The maximum absolute atomic E-state index is 12.4. The number of carbonyl (C=O) groups excluding carboxylic acids is 1. The highest BCUT2D eigenvalue weighted by molar-refractivity contribution is 5.94. The molecule has 0 spiro atoms. The molecule has 0 unspecified atom stereocenters. The molecule has 1 heterocycles. The Morgan fingerprint density at radius 3 is 2.15 bits per heavy atom. The molecule has 1 N–H and O–H groups in total. The van der Waals surface area contributed by atoms with Crippen molar-refractivity contribution >= 4 is 5.91 Å². The first-order chi connectivity index (χ1) is 9.69. The van der Waals surface area contributed by atoms with Gasteiger partial charge in [0, 0.05) is 6.54 Å². The first-order valence-electron chi connectivity index (χ1n) is 6.83. The second kappa shape index (κ2) is 4.76. The summed E-state index contributed by atoms with van der Waals surface area (Å²) in [6.45, 7) is 2.52. The van der Waals surface area contributed by atoms with Crippen molar-refractivity contribution in [1.29, 1.82) is 0 Å². The minimum absolute atomic E-state index is 0.222. The molecule has 0 aromatic heterocycles. The number of likely N-dealkylation sites (N-methyl/N-ethyl adjacent to an activating group) is 1. The van der Waals surface area contributed by atoms with E-state index in [-0.39, 0.29) is 11.9 Å². The van der Waals surface area contributed by atoms with Crippen LogP contribution in [-0.4, -0.2) is 22.5 Å². The standard InChI is InChI=1S/C17H17NO2/c1-2-18-15(13-9-5-3-6-10-13)17(20,16(18)19)14-11-7-4-8-12-14/h3-12,15,20H,2H2,1H3/t15-,17-/m1/s1. The summed E-state index contributed by atoms with van der Waals surface area (Å²) in [6.07, 6.45) is 0. The van der Waals surface area contributed by atoms with Crippen LogP contribution in [0.3, 0.4) is 0 Å². The van der Waals surface area contributed by atoms with E-state index >= 15 is 0 Å². The van der Waals surface area contributed by atoms with E-state index in [1.807, 2.05) is 55.5 Å². The summed E-state index contributed by atoms with van der Waals surface area (Å²) >= 11 is 0. The van der Waals surface area contributed by atoms with E-state index in [0.29, 0.717) is 12.1 Å². The van der Waals surface area contributed by atoms with Crippen molar-refractivity contribution in [2.45, 2.75) is 18.6 Å². The minimum atomic E-state index is -1.45. The molecular weight excluding hydrogens is 250 g/mol. The molecule has 1 saturated heterocycles. The van der Waals surface area contributed by atoms with E-state index < -0.39 is 5.60 Å². The van der Waals surface area contributed by atoms with Gasteiger partial charge in [0.25, 0.3) is 5.91 Å². The Morgan fingerprint density at radius 2 is 1.60 bits per heavy atom. The van der Waals surface area contributed by atoms with Gasteiger partial charge in [-0.25, -0.2) is 0 Å². The molecule has 0 bridgehead atoms. The highest BCUT2D eigenvalue weighted by Gasteiger charge is 2.60. The monoisotopic (exact) mass is 267 g/mol. The predicted octanol–water partition coefficient (Wildman–Crippen LogP) is 2.48. The van der Waals surface area contributed by atoms with Crippen LogP contribution >= 0.6 is 0 Å². The number of hydrogen-bond acceptors (Lipinski definition) is 2. The molecule has 0 radical (unpaired) electrons. The number of benzene rings is 2. The predicted molar refractivity (Wildman–Crippen MR) is 76.9 cm³/mol. The van der Waals surface area contributed by atoms with Gasteiger partial charge in [-0.05, 0) is 18.1 Å². The molecule has 1 aliphatic rings. The largest absolute Gasteiger partial charge is 0.373 e. The lowest BCUT2D eigenvalue weighted by Crippen LogP contribution is -2.66. The molecule has 102 valence electrons. The lowest BCUT2D eigenvalue weighted by molar-refractivity contribution is -0.195. The SMILES string of the molecule is CCN1C(=O)[C@@](O)(c2ccccc2)[C@H]1c1ccccc1. The number of β-lactam (4-membered cyclic amide) rings is 1. The number of nitrogens with zero attached hydrogens (tertiary/aromatic N) is 1. The van der Waals surface area contributed by atoms with Gasteiger partial charge in [0.2, 0.25) is 0 Å². The summed E-state index contributed by atoms with van der Waals surface area (Å²) < 4.78 is 0. The smallest absolute Gasteiger partial charge is 0.262 e. The lowest BCUT2D eigenvalue weighted by Gasteiger charge is -2.53. The Kier molecular flexibility index (Phi) is 3.07. The van der Waals surface area contributed by atoms with Gasteiger partial charge in [0.1, 0.15) is 0 Å². The molecule has 0 saturated carbocycles. The van der Waals surface area contributed by atoms with Crippen LogP contribution in [-0.2, 0) is 10.4 Å². The van der Waals surface area contributed by atoms with Gasteiger partial charge in [0.15, 0.2) is 5.60 Å². The average Bonchev–Trinajstić information content (AvgIpc) is 2.52. The third-order valence-electron chi connectivity index (χ3n) is 3.96. The van der Waals surface area contributed by atoms with Gasteiger partial charge in [-0.3, -0.25) is 4.79 Å². The van der Waals surface area contributed by atoms with Gasteiger partial charge in [0.05, 0.1) is 6.04 Å². The Bertz CT molecular complexity index is 611. The van der Waals surface area contributed by atoms with Gasteiger partial charge >= 0.3 is 0 Å². The Labute approximate surface area is 118 Å². The first-order valence-corrected chi connectivity index (χ1v) is 6.83. The summed E-state index contributed by atoms with van der Waals surface area (Å²) in [4.78, 5) is 14.1. The second-order valence-corrected chi connectivity index (χ2v) is 5.04. The molecule has 1 amide bonds. The summed E-state index contributed by atoms with van der Waals surface area (Å²) in [5.74, 6) is -0.222. The van der Waals surface area contributed by atoms with Crippen molar-refractivity contribution in [3.63, 3.8) is 0 Å². The maximum atomic E-state index is 12.4. The van der Waals surface area contributed by atoms with E-state index in [1.165, 1.54) is 0 Å². The first kappa shape index (κ1) is 12.9. The normalized spacial score (nSPS) is 25.4. The van der Waals surface area contributed by atoms with Crippen molar-refractivity contribution in [2.75, 3.05) is 6.54 Å². The fourth-order valence-corrected chi connectivity index (χ4v) is 2.97. The zero-order chi connectivity index (χ0) is 14.2. The molecule has 1 aliphatic heterocycles. The van der Waals surface area contributed by atoms with Gasteiger partial charge < -0.3 is 10.0 Å². The van der Waals surface area contributed by atoms with E-state index in [4.69, 9.17) is 0 Å². The topological polar surface area (TPSA) is 40.5 Å².